The highest BCUT2D eigenvalue weighted by Gasteiger charge is 2.23. The van der Waals surface area contributed by atoms with Crippen molar-refractivity contribution in [2.75, 3.05) is 20.3 Å². The molecule has 1 atom stereocenters. The molecule has 0 aliphatic rings. The SMILES string of the molecule is COc1ccc(C(=O)ONC(=O)CNC(=O)[C@H](Cc2ccc(OC(C)(C)C)cc2)NC(=O)OCCc2c3ccccc3cc3ccccc23)cc1. The molecule has 0 heterocycles. The summed E-state index contributed by atoms with van der Waals surface area (Å²) in [7, 11) is 1.50. The minimum atomic E-state index is -1.10. The van der Waals surface area contributed by atoms with E-state index in [1.807, 2.05) is 62.6 Å². The van der Waals surface area contributed by atoms with E-state index in [2.05, 4.69) is 28.8 Å². The van der Waals surface area contributed by atoms with Gasteiger partial charge in [0, 0.05) is 12.8 Å². The van der Waals surface area contributed by atoms with Gasteiger partial charge in [-0.15, -0.1) is 0 Å². The molecule has 3 N–H and O–H groups in total. The summed E-state index contributed by atoms with van der Waals surface area (Å²) in [6.45, 7) is 5.37. The quantitative estimate of drug-likeness (QED) is 0.106. The molecule has 0 spiro atoms. The summed E-state index contributed by atoms with van der Waals surface area (Å²) < 4.78 is 16.6. The van der Waals surface area contributed by atoms with Gasteiger partial charge in [-0.25, -0.2) is 9.59 Å². The Balaban J connectivity index is 1.21. The Labute approximate surface area is 296 Å². The van der Waals surface area contributed by atoms with Crippen LogP contribution >= 0.6 is 0 Å². The van der Waals surface area contributed by atoms with E-state index in [1.165, 1.54) is 19.2 Å². The molecule has 5 aromatic carbocycles. The van der Waals surface area contributed by atoms with Gasteiger partial charge in [-0.2, -0.15) is 5.48 Å². The van der Waals surface area contributed by atoms with Crippen molar-refractivity contribution in [3.05, 3.63) is 120 Å². The smallest absolute Gasteiger partial charge is 0.407 e. The van der Waals surface area contributed by atoms with Gasteiger partial charge >= 0.3 is 12.1 Å². The Bertz CT molecular complexity index is 1950. The number of fused-ring (bicyclic) bond motifs is 2. The first-order valence-electron chi connectivity index (χ1n) is 16.5. The molecular formula is C40H41N3O8. The second-order valence-electron chi connectivity index (χ2n) is 12.8. The number of hydroxylamine groups is 1. The predicted molar refractivity (Wildman–Crippen MR) is 194 cm³/mol. The van der Waals surface area contributed by atoms with Crippen LogP contribution in [-0.4, -0.2) is 55.8 Å². The zero-order valence-electron chi connectivity index (χ0n) is 29.0. The van der Waals surface area contributed by atoms with E-state index in [4.69, 9.17) is 19.0 Å². The molecule has 51 heavy (non-hydrogen) atoms. The first kappa shape index (κ1) is 36.2. The summed E-state index contributed by atoms with van der Waals surface area (Å²) in [5.41, 5.74) is 3.62. The van der Waals surface area contributed by atoms with Crippen LogP contribution in [0.15, 0.2) is 103 Å². The maximum atomic E-state index is 13.3. The van der Waals surface area contributed by atoms with Crippen LogP contribution < -0.4 is 25.6 Å². The third-order valence-electron chi connectivity index (χ3n) is 7.87. The lowest BCUT2D eigenvalue weighted by molar-refractivity contribution is -0.132. The fraction of sp³-hybridized carbons (Fsp3) is 0.250. The number of rotatable bonds is 12. The third kappa shape index (κ3) is 10.2. The predicted octanol–water partition coefficient (Wildman–Crippen LogP) is 6.06. The number of amides is 3. The lowest BCUT2D eigenvalue weighted by atomic mass is 9.95. The Morgan fingerprint density at radius 2 is 1.37 bits per heavy atom. The molecule has 0 aliphatic heterocycles. The zero-order valence-corrected chi connectivity index (χ0v) is 29.0. The molecule has 0 unspecified atom stereocenters. The molecule has 11 heteroatoms. The van der Waals surface area contributed by atoms with Crippen molar-refractivity contribution in [1.29, 1.82) is 0 Å². The van der Waals surface area contributed by atoms with E-state index in [1.54, 1.807) is 36.4 Å². The topological polar surface area (TPSA) is 141 Å². The highest BCUT2D eigenvalue weighted by molar-refractivity contribution is 6.02. The van der Waals surface area contributed by atoms with Gasteiger partial charge < -0.3 is 29.7 Å². The summed E-state index contributed by atoms with van der Waals surface area (Å²) in [6, 6.07) is 30.4. The summed E-state index contributed by atoms with van der Waals surface area (Å²) in [5.74, 6) is -1.01. The van der Waals surface area contributed by atoms with E-state index in [-0.39, 0.29) is 18.6 Å². The van der Waals surface area contributed by atoms with Crippen LogP contribution in [0.1, 0.15) is 42.3 Å². The number of hydrogen-bond donors (Lipinski definition) is 3. The van der Waals surface area contributed by atoms with Crippen molar-refractivity contribution in [2.45, 2.75) is 45.3 Å². The number of nitrogens with one attached hydrogen (secondary N) is 3. The molecule has 0 aromatic heterocycles. The molecule has 0 bridgehead atoms. The first-order chi connectivity index (χ1) is 24.5. The number of ether oxygens (including phenoxy) is 3. The average molecular weight is 692 g/mol. The van der Waals surface area contributed by atoms with Crippen LogP contribution in [0.2, 0.25) is 0 Å². The summed E-state index contributed by atoms with van der Waals surface area (Å²) in [5, 5.41) is 9.47. The van der Waals surface area contributed by atoms with Crippen molar-refractivity contribution in [3.63, 3.8) is 0 Å². The Morgan fingerprint density at radius 3 is 1.98 bits per heavy atom. The average Bonchev–Trinajstić information content (AvgIpc) is 3.12. The number of alkyl carbamates (subject to hydrolysis) is 1. The molecule has 0 radical (unpaired) electrons. The lowest BCUT2D eigenvalue weighted by Crippen LogP contribution is -2.50. The zero-order chi connectivity index (χ0) is 36.4. The van der Waals surface area contributed by atoms with Gasteiger partial charge in [-0.3, -0.25) is 9.59 Å². The summed E-state index contributed by atoms with van der Waals surface area (Å²) in [6.07, 6.45) is -0.236. The largest absolute Gasteiger partial charge is 0.497 e. The van der Waals surface area contributed by atoms with Crippen molar-refractivity contribution < 1.29 is 38.2 Å². The van der Waals surface area contributed by atoms with Gasteiger partial charge in [-0.05, 0) is 95.9 Å². The molecule has 0 saturated carbocycles. The maximum absolute atomic E-state index is 13.3. The van der Waals surface area contributed by atoms with Crippen LogP contribution in [0.3, 0.4) is 0 Å². The number of benzene rings is 5. The van der Waals surface area contributed by atoms with Gasteiger partial charge in [0.25, 0.3) is 5.91 Å². The van der Waals surface area contributed by atoms with Gasteiger partial charge in [-0.1, -0.05) is 60.7 Å². The second kappa shape index (κ2) is 16.5. The van der Waals surface area contributed by atoms with Gasteiger partial charge in [0.05, 0.1) is 25.8 Å². The molecule has 264 valence electrons. The van der Waals surface area contributed by atoms with E-state index in [0.717, 1.165) is 32.7 Å². The molecule has 0 saturated heterocycles. The summed E-state index contributed by atoms with van der Waals surface area (Å²) >= 11 is 0. The van der Waals surface area contributed by atoms with Crippen LogP contribution in [0.25, 0.3) is 21.5 Å². The van der Waals surface area contributed by atoms with Crippen LogP contribution in [-0.2, 0) is 32.0 Å². The monoisotopic (exact) mass is 691 g/mol. The Hall–Kier alpha value is -6.10. The lowest BCUT2D eigenvalue weighted by Gasteiger charge is -2.22. The van der Waals surface area contributed by atoms with Crippen LogP contribution in [0, 0.1) is 0 Å². The first-order valence-corrected chi connectivity index (χ1v) is 16.5. The van der Waals surface area contributed by atoms with Gasteiger partial charge in [0.15, 0.2) is 0 Å². The maximum Gasteiger partial charge on any atom is 0.407 e. The van der Waals surface area contributed by atoms with E-state index < -0.39 is 42.1 Å². The Morgan fingerprint density at radius 1 is 0.765 bits per heavy atom. The minimum absolute atomic E-state index is 0.0684. The molecule has 0 aliphatic carbocycles. The highest BCUT2D eigenvalue weighted by atomic mass is 16.7. The Kier molecular flexibility index (Phi) is 11.7. The van der Waals surface area contributed by atoms with Crippen molar-refractivity contribution >= 4 is 45.4 Å². The van der Waals surface area contributed by atoms with Gasteiger partial charge in [0.1, 0.15) is 23.1 Å². The summed E-state index contributed by atoms with van der Waals surface area (Å²) in [4.78, 5) is 56.0. The third-order valence-corrected chi connectivity index (χ3v) is 7.87. The minimum Gasteiger partial charge on any atom is -0.497 e. The van der Waals surface area contributed by atoms with Crippen molar-refractivity contribution in [3.8, 4) is 11.5 Å². The van der Waals surface area contributed by atoms with Crippen molar-refractivity contribution in [1.82, 2.24) is 16.1 Å². The van der Waals surface area contributed by atoms with E-state index >= 15 is 0 Å². The van der Waals surface area contributed by atoms with Gasteiger partial charge in [0.2, 0.25) is 5.91 Å². The molecular weight excluding hydrogens is 650 g/mol. The standard InChI is InChI=1S/C40H41N3O8/c1-40(2,3)50-31-17-13-26(14-18-31)23-35(37(45)41-25-36(44)43-51-38(46)27-15-19-30(48-4)20-16-27)42-39(47)49-22-21-34-32-11-7-5-9-28(32)24-29-10-6-8-12-33(29)34/h5-20,24,35H,21-23,25H2,1-4H3,(H,41,45)(H,42,47)(H,43,44)/t35-/m0/s1. The van der Waals surface area contributed by atoms with E-state index in [0.29, 0.717) is 17.9 Å². The molecule has 11 nitrogen and oxygen atoms in total. The number of methoxy groups -OCH3 is 1. The van der Waals surface area contributed by atoms with Crippen LogP contribution in [0.4, 0.5) is 4.79 Å². The number of hydrogen-bond acceptors (Lipinski definition) is 8. The van der Waals surface area contributed by atoms with E-state index in [9.17, 15) is 19.2 Å². The second-order valence-corrected chi connectivity index (χ2v) is 12.8. The fourth-order valence-corrected chi connectivity index (χ4v) is 5.52. The highest BCUT2D eigenvalue weighted by Crippen LogP contribution is 2.29. The van der Waals surface area contributed by atoms with Crippen molar-refractivity contribution in [2.24, 2.45) is 0 Å². The van der Waals surface area contributed by atoms with Crippen LogP contribution in [0.5, 0.6) is 11.5 Å². The molecule has 3 amide bonds. The molecule has 5 rings (SSSR count). The molecule has 0 fully saturated rings. The number of carbonyl (C=O) groups is 4. The fourth-order valence-electron chi connectivity index (χ4n) is 5.52. The number of carbonyl (C=O) groups excluding carboxylic acids is 4. The normalized spacial score (nSPS) is 11.7. The molecule has 5 aromatic rings.